The number of aromatic nitrogens is 2. The number of nitrogens with zero attached hydrogens (tertiary/aromatic N) is 4. The van der Waals surface area contributed by atoms with E-state index in [0.717, 1.165) is 52.2 Å². The quantitative estimate of drug-likeness (QED) is 0.609. The molecule has 3 rings (SSSR count). The summed E-state index contributed by atoms with van der Waals surface area (Å²) >= 11 is 0. The Morgan fingerprint density at radius 3 is 2.96 bits per heavy atom. The number of carbonyl (C=O) groups is 1. The minimum absolute atomic E-state index is 0.0800. The lowest BCUT2D eigenvalue weighted by Gasteiger charge is -2.33. The number of piperidine rings is 1. The van der Waals surface area contributed by atoms with Crippen LogP contribution in [0.4, 0.5) is 0 Å². The number of rotatable bonds is 9. The van der Waals surface area contributed by atoms with Gasteiger partial charge in [-0.15, -0.1) is 0 Å². The van der Waals surface area contributed by atoms with E-state index in [1.807, 2.05) is 4.90 Å². The van der Waals surface area contributed by atoms with E-state index in [1.165, 1.54) is 0 Å². The smallest absolute Gasteiger partial charge is 0.252 e. The van der Waals surface area contributed by atoms with Crippen molar-refractivity contribution in [2.24, 2.45) is 0 Å². The van der Waals surface area contributed by atoms with Gasteiger partial charge in [0.05, 0.1) is 25.9 Å². The highest BCUT2D eigenvalue weighted by atomic mass is 16.5. The van der Waals surface area contributed by atoms with Crippen LogP contribution in [0.15, 0.2) is 4.52 Å². The topological polar surface area (TPSA) is 90.2 Å². The molecule has 0 spiro atoms. The Bertz CT molecular complexity index is 576. The summed E-state index contributed by atoms with van der Waals surface area (Å²) in [5, 5.41) is 3.91. The van der Waals surface area contributed by atoms with Crippen LogP contribution in [0.2, 0.25) is 0 Å². The summed E-state index contributed by atoms with van der Waals surface area (Å²) in [5.41, 5.74) is 0. The van der Waals surface area contributed by atoms with Crippen molar-refractivity contribution in [3.05, 3.63) is 11.7 Å². The molecule has 27 heavy (non-hydrogen) atoms. The summed E-state index contributed by atoms with van der Waals surface area (Å²) in [5.74, 6) is 1.32. The van der Waals surface area contributed by atoms with Crippen LogP contribution >= 0.6 is 0 Å². The van der Waals surface area contributed by atoms with Gasteiger partial charge in [0.25, 0.3) is 5.89 Å². The maximum Gasteiger partial charge on any atom is 0.252 e. The van der Waals surface area contributed by atoms with Crippen molar-refractivity contribution < 1.29 is 23.5 Å². The van der Waals surface area contributed by atoms with E-state index in [0.29, 0.717) is 44.3 Å². The molecule has 1 unspecified atom stereocenters. The first-order valence-electron chi connectivity index (χ1n) is 9.74. The minimum Gasteiger partial charge on any atom is -0.379 e. The average Bonchev–Trinajstić information content (AvgIpc) is 3.15. The first kappa shape index (κ1) is 20.2. The van der Waals surface area contributed by atoms with Crippen LogP contribution < -0.4 is 0 Å². The van der Waals surface area contributed by atoms with Crippen LogP contribution in [-0.4, -0.2) is 91.6 Å². The normalized spacial score (nSPS) is 21.5. The Hall–Kier alpha value is -1.55. The molecule has 9 heteroatoms. The molecule has 0 radical (unpaired) electrons. The van der Waals surface area contributed by atoms with E-state index in [-0.39, 0.29) is 12.0 Å². The van der Waals surface area contributed by atoms with E-state index < -0.39 is 0 Å². The van der Waals surface area contributed by atoms with Gasteiger partial charge in [-0.3, -0.25) is 9.69 Å². The molecule has 0 aliphatic carbocycles. The second kappa shape index (κ2) is 10.7. The van der Waals surface area contributed by atoms with E-state index in [9.17, 15) is 4.79 Å². The zero-order valence-corrected chi connectivity index (χ0v) is 16.1. The number of morpholine rings is 1. The van der Waals surface area contributed by atoms with Crippen LogP contribution in [0.25, 0.3) is 0 Å². The lowest BCUT2D eigenvalue weighted by Crippen LogP contribution is -2.45. The number of methoxy groups -OCH3 is 1. The fourth-order valence-electron chi connectivity index (χ4n) is 3.43. The van der Waals surface area contributed by atoms with Gasteiger partial charge in [0.15, 0.2) is 5.82 Å². The van der Waals surface area contributed by atoms with Crippen molar-refractivity contribution in [2.45, 2.75) is 38.4 Å². The van der Waals surface area contributed by atoms with Crippen molar-refractivity contribution >= 4 is 5.91 Å². The van der Waals surface area contributed by atoms with E-state index in [2.05, 4.69) is 15.0 Å². The van der Waals surface area contributed by atoms with Crippen molar-refractivity contribution in [3.8, 4) is 0 Å². The van der Waals surface area contributed by atoms with Gasteiger partial charge in [0.2, 0.25) is 5.91 Å². The second-order valence-electron chi connectivity index (χ2n) is 6.97. The van der Waals surface area contributed by atoms with Crippen LogP contribution in [0.1, 0.15) is 31.0 Å². The lowest BCUT2D eigenvalue weighted by molar-refractivity contribution is -0.135. The van der Waals surface area contributed by atoms with Gasteiger partial charge in [-0.2, -0.15) is 4.98 Å². The van der Waals surface area contributed by atoms with Gasteiger partial charge in [-0.05, 0) is 12.8 Å². The summed E-state index contributed by atoms with van der Waals surface area (Å²) in [6, 6.07) is 0. The largest absolute Gasteiger partial charge is 0.379 e. The molecule has 1 atom stereocenters. The second-order valence-corrected chi connectivity index (χ2v) is 6.97. The summed E-state index contributed by atoms with van der Waals surface area (Å²) < 4.78 is 21.3. The first-order chi connectivity index (χ1) is 13.2. The SMILES string of the molecule is COCc1nc(CCOC2CCCN(C(=O)CCN3CCOCC3)C2)no1. The standard InChI is InChI=1S/C18H30N4O5/c1-24-14-17-19-16(20-27-17)5-10-26-15-3-2-6-22(13-15)18(23)4-7-21-8-11-25-12-9-21/h15H,2-14H2,1H3. The molecule has 0 saturated carbocycles. The fraction of sp³-hybridized carbons (Fsp3) is 0.833. The van der Waals surface area contributed by atoms with E-state index in [1.54, 1.807) is 7.11 Å². The predicted molar refractivity (Wildman–Crippen MR) is 96.1 cm³/mol. The maximum atomic E-state index is 12.5. The van der Waals surface area contributed by atoms with Crippen LogP contribution in [0, 0.1) is 0 Å². The average molecular weight is 382 g/mol. The Kier molecular flexibility index (Phi) is 8.00. The van der Waals surface area contributed by atoms with E-state index >= 15 is 0 Å². The number of hydrogen-bond acceptors (Lipinski definition) is 8. The number of ether oxygens (including phenoxy) is 3. The van der Waals surface area contributed by atoms with E-state index in [4.69, 9.17) is 18.7 Å². The summed E-state index contributed by atoms with van der Waals surface area (Å²) in [6.07, 6.45) is 3.20. The molecule has 0 N–H and O–H groups in total. The molecule has 2 aliphatic heterocycles. The van der Waals surface area contributed by atoms with Crippen LogP contribution in [0.5, 0.6) is 0 Å². The lowest BCUT2D eigenvalue weighted by atomic mass is 10.1. The minimum atomic E-state index is 0.0800. The molecule has 1 aromatic rings. The van der Waals surface area contributed by atoms with Gasteiger partial charge >= 0.3 is 0 Å². The molecule has 1 amide bonds. The number of amides is 1. The zero-order chi connectivity index (χ0) is 18.9. The van der Waals surface area contributed by atoms with Crippen LogP contribution in [0.3, 0.4) is 0 Å². The fourth-order valence-corrected chi connectivity index (χ4v) is 3.43. The predicted octanol–water partition coefficient (Wildman–Crippen LogP) is 0.488. The van der Waals surface area contributed by atoms with Gasteiger partial charge in [-0.25, -0.2) is 0 Å². The Morgan fingerprint density at radius 2 is 2.15 bits per heavy atom. The monoisotopic (exact) mass is 382 g/mol. The Balaban J connectivity index is 1.34. The molecular formula is C18H30N4O5. The molecule has 2 fully saturated rings. The molecular weight excluding hydrogens is 352 g/mol. The van der Waals surface area contributed by atoms with Gasteiger partial charge in [0, 0.05) is 52.7 Å². The summed E-state index contributed by atoms with van der Waals surface area (Å²) in [7, 11) is 1.59. The molecule has 152 valence electrons. The van der Waals surface area contributed by atoms with Crippen molar-refractivity contribution in [1.29, 1.82) is 0 Å². The number of carbonyl (C=O) groups excluding carboxylic acids is 1. The molecule has 0 aromatic carbocycles. The first-order valence-corrected chi connectivity index (χ1v) is 9.74. The van der Waals surface area contributed by atoms with Gasteiger partial charge in [0.1, 0.15) is 6.61 Å². The highest BCUT2D eigenvalue weighted by Gasteiger charge is 2.24. The van der Waals surface area contributed by atoms with Crippen molar-refractivity contribution in [1.82, 2.24) is 19.9 Å². The maximum absolute atomic E-state index is 12.5. The molecule has 9 nitrogen and oxygen atoms in total. The van der Waals surface area contributed by atoms with Gasteiger partial charge in [-0.1, -0.05) is 5.16 Å². The number of hydrogen-bond donors (Lipinski definition) is 0. The summed E-state index contributed by atoms with van der Waals surface area (Å²) in [4.78, 5) is 21.0. The van der Waals surface area contributed by atoms with Crippen molar-refractivity contribution in [2.75, 3.05) is 59.7 Å². The van der Waals surface area contributed by atoms with Gasteiger partial charge < -0.3 is 23.6 Å². The molecule has 1 aromatic heterocycles. The highest BCUT2D eigenvalue weighted by molar-refractivity contribution is 5.76. The third-order valence-corrected chi connectivity index (χ3v) is 4.93. The Labute approximate surface area is 159 Å². The third kappa shape index (κ3) is 6.53. The molecule has 0 bridgehead atoms. The Morgan fingerprint density at radius 1 is 1.30 bits per heavy atom. The third-order valence-electron chi connectivity index (χ3n) is 4.93. The highest BCUT2D eigenvalue weighted by Crippen LogP contribution is 2.15. The molecule has 3 heterocycles. The molecule has 2 saturated heterocycles. The number of likely N-dealkylation sites (tertiary alicyclic amines) is 1. The molecule has 2 aliphatic rings. The van der Waals surface area contributed by atoms with Crippen molar-refractivity contribution in [3.63, 3.8) is 0 Å². The summed E-state index contributed by atoms with van der Waals surface area (Å²) in [6.45, 7) is 6.51. The van der Waals surface area contributed by atoms with Crippen LogP contribution in [-0.2, 0) is 32.0 Å². The zero-order valence-electron chi connectivity index (χ0n) is 16.1.